The van der Waals surface area contributed by atoms with Crippen LogP contribution in [0.1, 0.15) is 245 Å². The number of carbonyl (C=O) groups is 1. The van der Waals surface area contributed by atoms with E-state index in [1.165, 1.54) is 186 Å². The van der Waals surface area contributed by atoms with Crippen molar-refractivity contribution in [2.45, 2.75) is 257 Å². The number of phosphoric acid groups is 1. The van der Waals surface area contributed by atoms with E-state index in [1.807, 2.05) is 6.08 Å². The third kappa shape index (κ3) is 40.5. The summed E-state index contributed by atoms with van der Waals surface area (Å²) in [7, 11) is -4.71. The second kappa shape index (κ2) is 40.0. The summed E-state index contributed by atoms with van der Waals surface area (Å²) in [6, 6.07) is -0.905. The Kier molecular flexibility index (Phi) is 39.4. The van der Waals surface area contributed by atoms with Crippen molar-refractivity contribution in [2.75, 3.05) is 6.61 Å². The predicted octanol–water partition coefficient (Wildman–Crippen LogP) is 13.6. The van der Waals surface area contributed by atoms with Gasteiger partial charge >= 0.3 is 7.82 Å². The molecule has 8 heteroatoms. The number of aliphatic hydroxyl groups is 1. The molecule has 310 valence electrons. The van der Waals surface area contributed by atoms with Gasteiger partial charge in [0.05, 0.1) is 18.8 Å². The Labute approximate surface area is 322 Å². The lowest BCUT2D eigenvalue weighted by Gasteiger charge is -2.22. The number of nitrogens with one attached hydrogen (secondary N) is 1. The fraction of sp³-hybridized carbons (Fsp3) is 0.932. The maximum atomic E-state index is 12.6. The van der Waals surface area contributed by atoms with Crippen LogP contribution in [0.5, 0.6) is 0 Å². The van der Waals surface area contributed by atoms with Gasteiger partial charge < -0.3 is 20.2 Å². The molecule has 1 amide bonds. The molecular weight excluding hydrogens is 669 g/mol. The summed E-state index contributed by atoms with van der Waals surface area (Å²) >= 11 is 0. The quantitative estimate of drug-likeness (QED) is 0.0280. The van der Waals surface area contributed by atoms with Crippen LogP contribution in [-0.2, 0) is 13.9 Å². The van der Waals surface area contributed by atoms with Gasteiger partial charge in [-0.1, -0.05) is 231 Å². The summed E-state index contributed by atoms with van der Waals surface area (Å²) in [6.07, 6.45) is 48.1. The van der Waals surface area contributed by atoms with E-state index < -0.39 is 26.6 Å². The first-order valence-electron chi connectivity index (χ1n) is 22.6. The molecule has 0 aliphatic heterocycles. The average molecular weight is 758 g/mol. The van der Waals surface area contributed by atoms with Crippen molar-refractivity contribution in [1.82, 2.24) is 5.32 Å². The Morgan fingerprint density at radius 3 is 1.17 bits per heavy atom. The molecule has 0 aliphatic carbocycles. The highest BCUT2D eigenvalue weighted by molar-refractivity contribution is 7.46. The van der Waals surface area contributed by atoms with Crippen molar-refractivity contribution in [3.63, 3.8) is 0 Å². The summed E-state index contributed by atoms with van der Waals surface area (Å²) in [5, 5.41) is 13.4. The van der Waals surface area contributed by atoms with E-state index in [-0.39, 0.29) is 5.91 Å². The van der Waals surface area contributed by atoms with Gasteiger partial charge in [-0.05, 0) is 19.3 Å². The van der Waals surface area contributed by atoms with Gasteiger partial charge in [0.2, 0.25) is 5.91 Å². The summed E-state index contributed by atoms with van der Waals surface area (Å²) in [4.78, 5) is 30.9. The Hall–Kier alpha value is -0.720. The normalized spacial score (nSPS) is 13.2. The zero-order chi connectivity index (χ0) is 38.2. The van der Waals surface area contributed by atoms with Crippen molar-refractivity contribution in [2.24, 2.45) is 0 Å². The Bertz CT molecular complexity index is 819. The second-order valence-electron chi connectivity index (χ2n) is 15.7. The van der Waals surface area contributed by atoms with Gasteiger partial charge in [-0.15, -0.1) is 0 Å². The minimum absolute atomic E-state index is 0.221. The average Bonchev–Trinajstić information content (AvgIpc) is 3.11. The third-order valence-corrected chi connectivity index (χ3v) is 11.0. The molecule has 0 saturated heterocycles. The topological polar surface area (TPSA) is 116 Å². The van der Waals surface area contributed by atoms with Gasteiger partial charge in [-0.3, -0.25) is 9.32 Å². The molecule has 52 heavy (non-hydrogen) atoms. The van der Waals surface area contributed by atoms with E-state index >= 15 is 0 Å². The van der Waals surface area contributed by atoms with Crippen molar-refractivity contribution < 1.29 is 28.8 Å². The number of aliphatic hydroxyl groups excluding tert-OH is 1. The minimum Gasteiger partial charge on any atom is -0.387 e. The van der Waals surface area contributed by atoms with Crippen LogP contribution in [0.25, 0.3) is 0 Å². The minimum atomic E-state index is -4.71. The Morgan fingerprint density at radius 2 is 0.846 bits per heavy atom. The number of amides is 1. The number of unbranched alkanes of at least 4 members (excludes halogenated alkanes) is 33. The predicted molar refractivity (Wildman–Crippen MR) is 223 cm³/mol. The Morgan fingerprint density at radius 1 is 0.538 bits per heavy atom. The van der Waals surface area contributed by atoms with Crippen molar-refractivity contribution in [1.29, 1.82) is 0 Å². The van der Waals surface area contributed by atoms with E-state index in [0.717, 1.165) is 38.5 Å². The zero-order valence-corrected chi connectivity index (χ0v) is 35.4. The first kappa shape index (κ1) is 51.3. The zero-order valence-electron chi connectivity index (χ0n) is 34.5. The van der Waals surface area contributed by atoms with E-state index in [1.54, 1.807) is 6.08 Å². The second-order valence-corrected chi connectivity index (χ2v) is 17.0. The molecule has 4 N–H and O–H groups in total. The van der Waals surface area contributed by atoms with Gasteiger partial charge in [0.15, 0.2) is 0 Å². The summed E-state index contributed by atoms with van der Waals surface area (Å²) < 4.78 is 15.9. The summed E-state index contributed by atoms with van der Waals surface area (Å²) in [6.45, 7) is 4.10. The van der Waals surface area contributed by atoms with Gasteiger partial charge in [0.1, 0.15) is 0 Å². The molecule has 0 aromatic carbocycles. The van der Waals surface area contributed by atoms with E-state index in [9.17, 15) is 14.5 Å². The molecule has 0 heterocycles. The first-order chi connectivity index (χ1) is 25.3. The largest absolute Gasteiger partial charge is 0.469 e. The monoisotopic (exact) mass is 758 g/mol. The molecule has 0 unspecified atom stereocenters. The molecular formula is C44H88NO6P. The van der Waals surface area contributed by atoms with Crippen LogP contribution in [0.2, 0.25) is 0 Å². The van der Waals surface area contributed by atoms with Crippen LogP contribution in [0.4, 0.5) is 0 Å². The molecule has 0 aromatic rings. The molecule has 2 atom stereocenters. The fourth-order valence-electron chi connectivity index (χ4n) is 7.05. The molecule has 0 aromatic heterocycles. The van der Waals surface area contributed by atoms with Crippen molar-refractivity contribution >= 4 is 13.7 Å². The molecule has 0 radical (unpaired) electrons. The number of phosphoric ester groups is 1. The maximum absolute atomic E-state index is 12.6. The van der Waals surface area contributed by atoms with Crippen molar-refractivity contribution in [3.8, 4) is 0 Å². The number of rotatable bonds is 42. The maximum Gasteiger partial charge on any atom is 0.469 e. The molecule has 0 rings (SSSR count). The number of carbonyl (C=O) groups excluding carboxylic acids is 1. The lowest BCUT2D eigenvalue weighted by molar-refractivity contribution is -0.123. The smallest absolute Gasteiger partial charge is 0.387 e. The van der Waals surface area contributed by atoms with Crippen LogP contribution in [0, 0.1) is 0 Å². The van der Waals surface area contributed by atoms with Crippen molar-refractivity contribution in [3.05, 3.63) is 12.2 Å². The van der Waals surface area contributed by atoms with E-state index in [2.05, 4.69) is 23.7 Å². The number of hydrogen-bond acceptors (Lipinski definition) is 4. The van der Waals surface area contributed by atoms with Gasteiger partial charge in [0, 0.05) is 6.42 Å². The Balaban J connectivity index is 3.87. The molecule has 7 nitrogen and oxygen atoms in total. The highest BCUT2D eigenvalue weighted by Gasteiger charge is 2.24. The fourth-order valence-corrected chi connectivity index (χ4v) is 7.40. The molecule has 0 aliphatic rings. The standard InChI is InChI=1S/C44H88NO6P/c1-3-5-7-9-11-13-15-17-19-20-21-22-23-24-26-28-30-32-34-36-38-40-44(47)45-42(41-51-52(48,49)50)43(46)39-37-35-33-31-29-27-25-18-16-14-12-10-8-6-4-2/h37,39,42-43,46H,3-36,38,40-41H2,1-2H3,(H,45,47)(H2,48,49,50)/b39-37+/t42-,43+/m0/s1. The van der Waals surface area contributed by atoms with Gasteiger partial charge in [-0.2, -0.15) is 0 Å². The third-order valence-electron chi connectivity index (χ3n) is 10.5. The lowest BCUT2D eigenvalue weighted by atomic mass is 10.0. The summed E-state index contributed by atoms with van der Waals surface area (Å²) in [5.41, 5.74) is 0. The number of hydrogen-bond donors (Lipinski definition) is 4. The number of allylic oxidation sites excluding steroid dienone is 1. The van der Waals surface area contributed by atoms with E-state index in [4.69, 9.17) is 9.79 Å². The van der Waals surface area contributed by atoms with Gasteiger partial charge in [0.25, 0.3) is 0 Å². The highest BCUT2D eigenvalue weighted by atomic mass is 31.2. The van der Waals surface area contributed by atoms with Crippen LogP contribution in [0.3, 0.4) is 0 Å². The first-order valence-corrected chi connectivity index (χ1v) is 24.2. The molecule has 0 spiro atoms. The van der Waals surface area contributed by atoms with Gasteiger partial charge in [-0.25, -0.2) is 4.57 Å². The molecule has 0 bridgehead atoms. The van der Waals surface area contributed by atoms with Crippen LogP contribution in [-0.4, -0.2) is 39.6 Å². The highest BCUT2D eigenvalue weighted by Crippen LogP contribution is 2.35. The van der Waals surface area contributed by atoms with E-state index in [0.29, 0.717) is 6.42 Å². The molecule has 0 fully saturated rings. The van der Waals surface area contributed by atoms with Crippen LogP contribution in [0.15, 0.2) is 12.2 Å². The summed E-state index contributed by atoms with van der Waals surface area (Å²) in [5.74, 6) is -0.221. The van der Waals surface area contributed by atoms with Crippen LogP contribution >= 0.6 is 7.82 Å². The SMILES string of the molecule is CCCCCCCCCCCCCCC/C=C/[C@@H](O)[C@H](COP(=O)(O)O)NC(=O)CCCCCCCCCCCCCCCCCCCCCCC. The molecule has 0 saturated carbocycles. The van der Waals surface area contributed by atoms with Crippen LogP contribution < -0.4 is 5.32 Å². The lowest BCUT2D eigenvalue weighted by Crippen LogP contribution is -2.45.